The van der Waals surface area contributed by atoms with Crippen molar-refractivity contribution >= 4 is 11.9 Å². The van der Waals surface area contributed by atoms with Crippen LogP contribution in [0.3, 0.4) is 0 Å². The van der Waals surface area contributed by atoms with E-state index in [4.69, 9.17) is 13.9 Å². The third kappa shape index (κ3) is 6.95. The van der Waals surface area contributed by atoms with E-state index in [0.717, 1.165) is 24.2 Å². The summed E-state index contributed by atoms with van der Waals surface area (Å²) >= 11 is 0. The van der Waals surface area contributed by atoms with Crippen molar-refractivity contribution in [2.45, 2.75) is 77.5 Å². The average molecular weight is 471 g/mol. The fourth-order valence-electron chi connectivity index (χ4n) is 4.14. The highest BCUT2D eigenvalue weighted by Gasteiger charge is 2.37. The van der Waals surface area contributed by atoms with Crippen LogP contribution in [0.5, 0.6) is 5.75 Å². The normalized spacial score (nSPS) is 20.1. The van der Waals surface area contributed by atoms with Crippen LogP contribution in [0.2, 0.25) is 0 Å². The molecular weight excluding hydrogens is 436 g/mol. The molecule has 2 aromatic rings. The van der Waals surface area contributed by atoms with Gasteiger partial charge in [0.15, 0.2) is 0 Å². The Kier molecular flexibility index (Phi) is 9.30. The maximum Gasteiger partial charge on any atom is 0.331 e. The maximum atomic E-state index is 12.0. The fourth-order valence-corrected chi connectivity index (χ4v) is 4.14. The summed E-state index contributed by atoms with van der Waals surface area (Å²) in [5, 5.41) is 16.1. The number of carboxylic acids is 1. The first-order chi connectivity index (χ1) is 16.4. The van der Waals surface area contributed by atoms with Crippen LogP contribution in [0.15, 0.2) is 58.7 Å². The monoisotopic (exact) mass is 470 g/mol. The lowest BCUT2D eigenvalue weighted by atomic mass is 9.87. The van der Waals surface area contributed by atoms with Crippen molar-refractivity contribution in [2.24, 2.45) is 0 Å². The number of carbonyl (C=O) groups excluding carboxylic acids is 1. The van der Waals surface area contributed by atoms with E-state index in [1.807, 2.05) is 50.2 Å². The van der Waals surface area contributed by atoms with Crippen molar-refractivity contribution in [1.82, 2.24) is 10.6 Å². The highest BCUT2D eigenvalue weighted by Crippen LogP contribution is 2.26. The molecule has 3 rings (SSSR count). The van der Waals surface area contributed by atoms with E-state index >= 15 is 0 Å². The lowest BCUT2D eigenvalue weighted by molar-refractivity contribution is -0.133. The SMILES string of the molecule is CCC(CC)O[C@@H]1C=C(C(=O)O)C[C@H](NCc2ccccc2OCc2ccco2)[C@H]1NC(C)=O. The number of carboxylic acid groups (broad SMARTS) is 1. The Bertz CT molecular complexity index is 967. The average Bonchev–Trinajstić information content (AvgIpc) is 3.34. The molecule has 8 heteroatoms. The first-order valence-corrected chi connectivity index (χ1v) is 11.7. The molecule has 0 unspecified atom stereocenters. The molecule has 1 aliphatic rings. The van der Waals surface area contributed by atoms with E-state index in [0.29, 0.717) is 18.9 Å². The Morgan fingerprint density at radius 2 is 1.94 bits per heavy atom. The molecule has 0 bridgehead atoms. The van der Waals surface area contributed by atoms with Gasteiger partial charge in [0, 0.05) is 30.6 Å². The van der Waals surface area contributed by atoms with E-state index in [1.165, 1.54) is 6.92 Å². The Morgan fingerprint density at radius 1 is 1.18 bits per heavy atom. The lowest BCUT2D eigenvalue weighted by Crippen LogP contribution is -2.58. The molecule has 184 valence electrons. The molecule has 1 heterocycles. The first kappa shape index (κ1) is 25.5. The standard InChI is InChI=1S/C26H34N2O6/c1-4-20(5-2)34-24-14-19(26(30)31)13-22(25(24)28-17(3)29)27-15-18-9-6-7-11-23(18)33-16-21-10-8-12-32-21/h6-12,14,20,22,24-25,27H,4-5,13,15-16H2,1-3H3,(H,28,29)(H,30,31)/t22-,24+,25+/m0/s1. The number of hydrogen-bond donors (Lipinski definition) is 3. The summed E-state index contributed by atoms with van der Waals surface area (Å²) in [6, 6.07) is 10.6. The lowest BCUT2D eigenvalue weighted by Gasteiger charge is -2.38. The first-order valence-electron chi connectivity index (χ1n) is 11.7. The fraction of sp³-hybridized carbons (Fsp3) is 0.462. The molecule has 0 radical (unpaired) electrons. The minimum atomic E-state index is -0.978. The number of amides is 1. The number of aliphatic carboxylic acids is 1. The molecule has 34 heavy (non-hydrogen) atoms. The minimum absolute atomic E-state index is 0.0259. The van der Waals surface area contributed by atoms with Crippen LogP contribution in [0.4, 0.5) is 0 Å². The summed E-state index contributed by atoms with van der Waals surface area (Å²) in [6.07, 6.45) is 4.53. The molecule has 8 nitrogen and oxygen atoms in total. The van der Waals surface area contributed by atoms with Gasteiger partial charge in [-0.2, -0.15) is 0 Å². The zero-order valence-electron chi connectivity index (χ0n) is 20.0. The summed E-state index contributed by atoms with van der Waals surface area (Å²) in [5.74, 6) is 0.258. The Labute approximate surface area is 200 Å². The topological polar surface area (TPSA) is 110 Å². The number of para-hydroxylation sites is 1. The molecule has 1 aromatic heterocycles. The van der Waals surface area contributed by atoms with Gasteiger partial charge in [-0.1, -0.05) is 32.0 Å². The van der Waals surface area contributed by atoms with Gasteiger partial charge in [-0.05, 0) is 43.5 Å². The van der Waals surface area contributed by atoms with Gasteiger partial charge in [-0.25, -0.2) is 4.79 Å². The van der Waals surface area contributed by atoms with Crippen LogP contribution < -0.4 is 15.4 Å². The van der Waals surface area contributed by atoms with Gasteiger partial charge in [0.25, 0.3) is 0 Å². The van der Waals surface area contributed by atoms with E-state index in [2.05, 4.69) is 10.6 Å². The smallest absolute Gasteiger partial charge is 0.331 e. The van der Waals surface area contributed by atoms with Gasteiger partial charge >= 0.3 is 5.97 Å². The molecule has 0 saturated heterocycles. The molecule has 0 fully saturated rings. The second-order valence-corrected chi connectivity index (χ2v) is 8.43. The van der Waals surface area contributed by atoms with Crippen LogP contribution in [0.25, 0.3) is 0 Å². The molecular formula is C26H34N2O6. The maximum absolute atomic E-state index is 12.0. The van der Waals surface area contributed by atoms with Crippen LogP contribution in [0, 0.1) is 0 Å². The third-order valence-corrected chi connectivity index (χ3v) is 5.97. The molecule has 0 spiro atoms. The summed E-state index contributed by atoms with van der Waals surface area (Å²) in [7, 11) is 0. The van der Waals surface area contributed by atoms with Crippen LogP contribution >= 0.6 is 0 Å². The highest BCUT2D eigenvalue weighted by molar-refractivity contribution is 5.87. The van der Waals surface area contributed by atoms with Crippen molar-refractivity contribution < 1.29 is 28.6 Å². The van der Waals surface area contributed by atoms with E-state index in [1.54, 1.807) is 12.3 Å². The Hall–Kier alpha value is -3.10. The van der Waals surface area contributed by atoms with Crippen LogP contribution in [-0.4, -0.2) is 41.3 Å². The number of ether oxygens (including phenoxy) is 2. The van der Waals surface area contributed by atoms with Crippen molar-refractivity contribution in [3.8, 4) is 5.75 Å². The predicted octanol–water partition coefficient (Wildman–Crippen LogP) is 3.81. The minimum Gasteiger partial charge on any atom is -0.485 e. The van der Waals surface area contributed by atoms with E-state index in [9.17, 15) is 14.7 Å². The molecule has 1 aliphatic carbocycles. The van der Waals surface area contributed by atoms with Gasteiger partial charge in [0.2, 0.25) is 5.91 Å². The van der Waals surface area contributed by atoms with Crippen LogP contribution in [0.1, 0.15) is 51.4 Å². The van der Waals surface area contributed by atoms with E-state index in [-0.39, 0.29) is 30.0 Å². The van der Waals surface area contributed by atoms with Crippen molar-refractivity contribution in [1.29, 1.82) is 0 Å². The number of rotatable bonds is 12. The van der Waals surface area contributed by atoms with Crippen molar-refractivity contribution in [2.75, 3.05) is 0 Å². The summed E-state index contributed by atoms with van der Waals surface area (Å²) in [5.41, 5.74) is 1.19. The summed E-state index contributed by atoms with van der Waals surface area (Å²) < 4.78 is 17.5. The molecule has 0 saturated carbocycles. The van der Waals surface area contributed by atoms with Gasteiger partial charge in [-0.15, -0.1) is 0 Å². The molecule has 0 aliphatic heterocycles. The summed E-state index contributed by atoms with van der Waals surface area (Å²) in [4.78, 5) is 23.9. The Morgan fingerprint density at radius 3 is 2.59 bits per heavy atom. The predicted molar refractivity (Wildman–Crippen MR) is 127 cm³/mol. The zero-order valence-corrected chi connectivity index (χ0v) is 20.0. The third-order valence-electron chi connectivity index (χ3n) is 5.97. The van der Waals surface area contributed by atoms with Crippen LogP contribution in [-0.2, 0) is 27.5 Å². The molecule has 1 aromatic carbocycles. The highest BCUT2D eigenvalue weighted by atomic mass is 16.5. The van der Waals surface area contributed by atoms with Crippen molar-refractivity contribution in [3.05, 3.63) is 65.6 Å². The van der Waals surface area contributed by atoms with E-state index < -0.39 is 18.1 Å². The number of carbonyl (C=O) groups is 2. The van der Waals surface area contributed by atoms with Gasteiger partial charge in [0.1, 0.15) is 18.1 Å². The largest absolute Gasteiger partial charge is 0.485 e. The molecule has 3 atom stereocenters. The second kappa shape index (κ2) is 12.4. The number of nitrogens with one attached hydrogen (secondary N) is 2. The second-order valence-electron chi connectivity index (χ2n) is 8.43. The molecule has 3 N–H and O–H groups in total. The molecule has 1 amide bonds. The van der Waals surface area contributed by atoms with Crippen molar-refractivity contribution in [3.63, 3.8) is 0 Å². The van der Waals surface area contributed by atoms with Gasteiger partial charge in [-0.3, -0.25) is 4.79 Å². The Balaban J connectivity index is 1.78. The van der Waals surface area contributed by atoms with Gasteiger partial charge in [0.05, 0.1) is 24.5 Å². The number of benzene rings is 1. The zero-order chi connectivity index (χ0) is 24.5. The number of furan rings is 1. The van der Waals surface area contributed by atoms with Gasteiger partial charge < -0.3 is 29.6 Å². The summed E-state index contributed by atoms with van der Waals surface area (Å²) in [6.45, 7) is 6.25. The number of hydrogen-bond acceptors (Lipinski definition) is 6. The quantitative estimate of drug-likeness (QED) is 0.433.